The zero-order valence-corrected chi connectivity index (χ0v) is 29.8. The van der Waals surface area contributed by atoms with E-state index in [-0.39, 0.29) is 37.9 Å². The number of carbonyl (C=O) groups excluding carboxylic acids is 2. The number of aliphatic hydroxyl groups excluding tert-OH is 1. The molecule has 0 aliphatic carbocycles. The summed E-state index contributed by atoms with van der Waals surface area (Å²) in [5, 5.41) is 29.9. The maximum absolute atomic E-state index is 12.9. The van der Waals surface area contributed by atoms with E-state index in [0.29, 0.717) is 37.4 Å². The molecule has 0 atom stereocenters. The summed E-state index contributed by atoms with van der Waals surface area (Å²) >= 11 is 11.7. The monoisotopic (exact) mass is 756 g/mol. The Morgan fingerprint density at radius 2 is 1.13 bits per heavy atom. The molecule has 5 N–H and O–H groups in total. The van der Waals surface area contributed by atoms with Crippen LogP contribution in [0.2, 0.25) is 10.0 Å². The number of aromatic nitrogens is 4. The highest BCUT2D eigenvalue weighted by molar-refractivity contribution is 6.30. The average molecular weight is 758 g/mol. The molecule has 2 amide bonds. The van der Waals surface area contributed by atoms with Crippen molar-refractivity contribution in [3.05, 3.63) is 149 Å². The molecule has 4 aromatic carbocycles. The van der Waals surface area contributed by atoms with Gasteiger partial charge in [0, 0.05) is 53.5 Å². The highest BCUT2D eigenvalue weighted by Crippen LogP contribution is 2.15. The van der Waals surface area contributed by atoms with Crippen molar-refractivity contribution in [1.82, 2.24) is 35.9 Å². The molecule has 13 nitrogen and oxygen atoms in total. The van der Waals surface area contributed by atoms with Crippen molar-refractivity contribution in [2.45, 2.75) is 26.2 Å². The van der Waals surface area contributed by atoms with E-state index in [1.165, 1.54) is 0 Å². The van der Waals surface area contributed by atoms with Crippen LogP contribution in [0.3, 0.4) is 0 Å². The second kappa shape index (κ2) is 17.4. The van der Waals surface area contributed by atoms with Gasteiger partial charge in [0.2, 0.25) is 10.9 Å². The molecular weight excluding hydrogens is 721 g/mol. The van der Waals surface area contributed by atoms with E-state index in [2.05, 4.69) is 35.9 Å². The third-order valence-electron chi connectivity index (χ3n) is 8.52. The SMILES string of the molecule is O=C(NCc1ccc(Cl)cc1)c1n[nH]c2ccc(CN3CCOCC3)cc2c1=O.O=C(NCc1ccc(Cl)cc1)c1n[nH]c2ccc(CO)cc2c1=O.[H-]. The minimum Gasteiger partial charge on any atom is -1.00 e. The summed E-state index contributed by atoms with van der Waals surface area (Å²) < 4.78 is 5.37. The third kappa shape index (κ3) is 9.52. The van der Waals surface area contributed by atoms with Crippen molar-refractivity contribution in [2.75, 3.05) is 26.3 Å². The number of H-pyrrole nitrogens is 2. The molecule has 2 aromatic heterocycles. The topological polar surface area (TPSA) is 182 Å². The lowest BCUT2D eigenvalue weighted by molar-refractivity contribution is 0.0342. The lowest BCUT2D eigenvalue weighted by atomic mass is 10.1. The Kier molecular flexibility index (Phi) is 12.2. The number of aliphatic hydroxyl groups is 1. The number of rotatable bonds is 9. The number of fused-ring (bicyclic) bond motifs is 2. The lowest BCUT2D eigenvalue weighted by Gasteiger charge is -2.26. The maximum Gasteiger partial charge on any atom is 0.276 e. The lowest BCUT2D eigenvalue weighted by Crippen LogP contribution is -2.35. The molecule has 1 aliphatic rings. The van der Waals surface area contributed by atoms with Crippen LogP contribution in [0.4, 0.5) is 0 Å². The van der Waals surface area contributed by atoms with Crippen molar-refractivity contribution in [3.63, 3.8) is 0 Å². The molecule has 1 aliphatic heterocycles. The first-order valence-corrected chi connectivity index (χ1v) is 17.4. The molecule has 53 heavy (non-hydrogen) atoms. The fourth-order valence-electron chi connectivity index (χ4n) is 5.60. The number of hydrogen-bond donors (Lipinski definition) is 5. The van der Waals surface area contributed by atoms with Crippen molar-refractivity contribution in [3.8, 4) is 0 Å². The van der Waals surface area contributed by atoms with Gasteiger partial charge in [-0.1, -0.05) is 59.6 Å². The molecule has 1 fully saturated rings. The number of hydrogen-bond acceptors (Lipinski definition) is 9. The van der Waals surface area contributed by atoms with Gasteiger partial charge in [-0.3, -0.25) is 34.3 Å². The van der Waals surface area contributed by atoms with Crippen LogP contribution in [-0.2, 0) is 31.0 Å². The third-order valence-corrected chi connectivity index (χ3v) is 9.02. The largest absolute Gasteiger partial charge is 1.00 e. The van der Waals surface area contributed by atoms with Gasteiger partial charge in [-0.15, -0.1) is 0 Å². The Morgan fingerprint density at radius 3 is 1.60 bits per heavy atom. The number of benzene rings is 4. The van der Waals surface area contributed by atoms with Crippen molar-refractivity contribution in [1.29, 1.82) is 0 Å². The van der Waals surface area contributed by atoms with Gasteiger partial charge in [-0.2, -0.15) is 10.2 Å². The van der Waals surface area contributed by atoms with Gasteiger partial charge in [0.15, 0.2) is 11.4 Å². The second-order valence-corrected chi connectivity index (χ2v) is 13.1. The normalized spacial score (nSPS) is 13.0. The second-order valence-electron chi connectivity index (χ2n) is 12.2. The first kappa shape index (κ1) is 37.3. The van der Waals surface area contributed by atoms with Crippen LogP contribution in [-0.4, -0.2) is 68.5 Å². The van der Waals surface area contributed by atoms with E-state index < -0.39 is 17.2 Å². The molecule has 0 bridgehead atoms. The summed E-state index contributed by atoms with van der Waals surface area (Å²) in [5.74, 6) is -1.08. The zero-order valence-electron chi connectivity index (χ0n) is 29.3. The summed E-state index contributed by atoms with van der Waals surface area (Å²) in [4.78, 5) is 52.3. The highest BCUT2D eigenvalue weighted by Gasteiger charge is 2.17. The van der Waals surface area contributed by atoms with Gasteiger partial charge in [0.1, 0.15) is 0 Å². The van der Waals surface area contributed by atoms with Gasteiger partial charge in [-0.25, -0.2) is 0 Å². The van der Waals surface area contributed by atoms with Crippen molar-refractivity contribution in [2.24, 2.45) is 0 Å². The predicted molar refractivity (Wildman–Crippen MR) is 203 cm³/mol. The molecule has 0 saturated carbocycles. The number of ether oxygens (including phenoxy) is 1. The molecule has 7 rings (SSSR count). The molecule has 0 unspecified atom stereocenters. The van der Waals surface area contributed by atoms with Crippen LogP contribution in [0, 0.1) is 0 Å². The summed E-state index contributed by atoms with van der Waals surface area (Å²) in [6.45, 7) is 4.26. The Hall–Kier alpha value is -5.44. The van der Waals surface area contributed by atoms with Gasteiger partial charge in [0.25, 0.3) is 11.8 Å². The quantitative estimate of drug-likeness (QED) is 0.142. The standard InChI is InChI=1S/C21H21ClN4O3.C17H14ClN3O3.H/c22-16-4-1-14(2-5-16)12-23-21(28)19-20(27)17-11-15(3-6-18(17)24-25-19)13-26-7-9-29-10-8-26;18-12-4-1-10(2-5-12)8-19-17(24)15-16(23)13-7-11(9-22)3-6-14(13)20-21-15;/h1-6,11H,7-10,12-13H2,(H,23,28)(H,24,27);1-7,22H,8-9H2,(H,19,24)(H,20,23);/q;;-1. The first-order chi connectivity index (χ1) is 25.7. The summed E-state index contributed by atoms with van der Waals surface area (Å²) in [6, 6.07) is 24.7. The van der Waals surface area contributed by atoms with Crippen LogP contribution >= 0.6 is 23.2 Å². The number of halogens is 2. The van der Waals surface area contributed by atoms with Crippen LogP contribution in [0.15, 0.2) is 94.5 Å². The number of amides is 2. The average Bonchev–Trinajstić information content (AvgIpc) is 3.18. The molecule has 3 heterocycles. The molecule has 6 aromatic rings. The van der Waals surface area contributed by atoms with E-state index in [0.717, 1.165) is 49.5 Å². The van der Waals surface area contributed by atoms with Gasteiger partial charge < -0.3 is 21.9 Å². The Bertz CT molecular complexity index is 2370. The molecule has 0 spiro atoms. The fraction of sp³-hybridized carbons (Fsp3) is 0.211. The summed E-state index contributed by atoms with van der Waals surface area (Å²) in [5.41, 5.74) is 3.24. The Labute approximate surface area is 314 Å². The van der Waals surface area contributed by atoms with Crippen LogP contribution < -0.4 is 21.5 Å². The van der Waals surface area contributed by atoms with Crippen LogP contribution in [0.5, 0.6) is 0 Å². The number of nitrogens with zero attached hydrogens (tertiary/aromatic N) is 3. The van der Waals surface area contributed by atoms with E-state index in [1.807, 2.05) is 30.3 Å². The number of carbonyl (C=O) groups is 2. The van der Waals surface area contributed by atoms with Crippen molar-refractivity contribution >= 4 is 56.8 Å². The van der Waals surface area contributed by atoms with E-state index >= 15 is 0 Å². The van der Waals surface area contributed by atoms with E-state index in [4.69, 9.17) is 27.9 Å². The number of morpholine rings is 1. The summed E-state index contributed by atoms with van der Waals surface area (Å²) in [6.07, 6.45) is 0. The van der Waals surface area contributed by atoms with Crippen molar-refractivity contribution < 1.29 is 20.9 Å². The van der Waals surface area contributed by atoms with Crippen LogP contribution in [0.1, 0.15) is 44.7 Å². The molecule has 0 radical (unpaired) electrons. The minimum absolute atomic E-state index is 0. The van der Waals surface area contributed by atoms with E-state index in [1.54, 1.807) is 54.6 Å². The summed E-state index contributed by atoms with van der Waals surface area (Å²) in [7, 11) is 0. The first-order valence-electron chi connectivity index (χ1n) is 16.7. The van der Waals surface area contributed by atoms with Gasteiger partial charge in [-0.05, 0) is 70.8 Å². The zero-order chi connectivity index (χ0) is 37.3. The predicted octanol–water partition coefficient (Wildman–Crippen LogP) is 4.45. The smallest absolute Gasteiger partial charge is 0.276 e. The number of nitrogens with one attached hydrogen (secondary N) is 4. The fourth-order valence-corrected chi connectivity index (χ4v) is 5.85. The Balaban J connectivity index is 0.000000208. The minimum atomic E-state index is -0.567. The van der Waals surface area contributed by atoms with Crippen LogP contribution in [0.25, 0.3) is 21.8 Å². The molecule has 274 valence electrons. The van der Waals surface area contributed by atoms with E-state index in [9.17, 15) is 24.3 Å². The van der Waals surface area contributed by atoms with Gasteiger partial charge >= 0.3 is 0 Å². The van der Waals surface area contributed by atoms with Gasteiger partial charge in [0.05, 0.1) is 30.9 Å². The number of aromatic amines is 2. The Morgan fingerprint density at radius 1 is 0.698 bits per heavy atom. The molecule has 1 saturated heterocycles. The maximum atomic E-state index is 12.9. The highest BCUT2D eigenvalue weighted by atomic mass is 35.5. The molecule has 15 heteroatoms. The molecular formula is C38H36Cl2N7O6-.